The first-order valence-corrected chi connectivity index (χ1v) is 15.0. The second kappa shape index (κ2) is 12.6. The molecule has 2 atom stereocenters. The average Bonchev–Trinajstić information content (AvgIpc) is 3.49. The van der Waals surface area contributed by atoms with Gasteiger partial charge < -0.3 is 19.3 Å². The van der Waals surface area contributed by atoms with E-state index in [1.165, 1.54) is 25.7 Å². The molecule has 1 heterocycles. The van der Waals surface area contributed by atoms with Crippen LogP contribution in [0.25, 0.3) is 0 Å². The van der Waals surface area contributed by atoms with Crippen molar-refractivity contribution in [3.63, 3.8) is 0 Å². The van der Waals surface area contributed by atoms with Crippen molar-refractivity contribution >= 4 is 34.8 Å². The van der Waals surface area contributed by atoms with E-state index in [0.717, 1.165) is 41.0 Å². The third-order valence-corrected chi connectivity index (χ3v) is 8.66. The number of ether oxygens (including phenoxy) is 2. The fraction of sp³-hybridized carbons (Fsp3) is 0.412. The van der Waals surface area contributed by atoms with Gasteiger partial charge in [0.15, 0.2) is 11.5 Å². The van der Waals surface area contributed by atoms with Gasteiger partial charge in [0.2, 0.25) is 11.8 Å². The summed E-state index contributed by atoms with van der Waals surface area (Å²) in [4.78, 5) is 30.1. The number of carbonyl (C=O) groups excluding carboxylic acids is 2. The average molecular weight is 575 g/mol. The van der Waals surface area contributed by atoms with Crippen molar-refractivity contribution in [1.82, 2.24) is 0 Å². The molecular weight excluding hydrogens is 536 g/mol. The van der Waals surface area contributed by atoms with Crippen LogP contribution in [0.2, 0.25) is 5.02 Å². The highest BCUT2D eigenvalue weighted by Crippen LogP contribution is 2.44. The molecular formula is C34H39ClN2O4. The van der Waals surface area contributed by atoms with Crippen LogP contribution in [0.3, 0.4) is 0 Å². The van der Waals surface area contributed by atoms with E-state index in [1.807, 2.05) is 77.4 Å². The second-order valence-corrected chi connectivity index (χ2v) is 11.7. The maximum Gasteiger partial charge on any atom is 0.232 e. The Bertz CT molecular complexity index is 1380. The molecule has 0 spiro atoms. The third kappa shape index (κ3) is 6.23. The van der Waals surface area contributed by atoms with Crippen LogP contribution in [0, 0.1) is 5.92 Å². The van der Waals surface area contributed by atoms with Gasteiger partial charge in [-0.25, -0.2) is 0 Å². The van der Waals surface area contributed by atoms with Crippen molar-refractivity contribution in [2.24, 2.45) is 5.92 Å². The highest BCUT2D eigenvalue weighted by atomic mass is 35.5. The van der Waals surface area contributed by atoms with Crippen LogP contribution in [0.5, 0.6) is 11.5 Å². The van der Waals surface area contributed by atoms with Crippen LogP contribution >= 0.6 is 11.6 Å². The minimum Gasteiger partial charge on any atom is -0.493 e. The zero-order valence-electron chi connectivity index (χ0n) is 24.4. The Kier molecular flexibility index (Phi) is 8.88. The quantitative estimate of drug-likeness (QED) is 0.262. The summed E-state index contributed by atoms with van der Waals surface area (Å²) >= 11 is 6.25. The lowest BCUT2D eigenvalue weighted by Crippen LogP contribution is -2.41. The molecule has 7 heteroatoms. The van der Waals surface area contributed by atoms with Gasteiger partial charge in [-0.05, 0) is 97.3 Å². The number of methoxy groups -OCH3 is 1. The molecule has 1 saturated carbocycles. The van der Waals surface area contributed by atoms with Crippen molar-refractivity contribution in [3.8, 4) is 11.5 Å². The zero-order valence-corrected chi connectivity index (χ0v) is 25.1. The van der Waals surface area contributed by atoms with Gasteiger partial charge in [-0.2, -0.15) is 0 Å². The van der Waals surface area contributed by atoms with Crippen LogP contribution < -0.4 is 19.3 Å². The number of anilines is 2. The summed E-state index contributed by atoms with van der Waals surface area (Å²) in [5.41, 5.74) is 4.47. The van der Waals surface area contributed by atoms with Gasteiger partial charge in [0.25, 0.3) is 0 Å². The van der Waals surface area contributed by atoms with E-state index in [9.17, 15) is 9.59 Å². The number of amides is 2. The fourth-order valence-corrected chi connectivity index (χ4v) is 6.16. The van der Waals surface area contributed by atoms with Crippen LogP contribution in [-0.4, -0.2) is 31.6 Å². The van der Waals surface area contributed by atoms with Crippen LogP contribution in [0.4, 0.5) is 11.4 Å². The van der Waals surface area contributed by atoms with Crippen LogP contribution in [0.1, 0.15) is 75.6 Å². The Hall–Kier alpha value is -3.51. The number of rotatable bonds is 9. The van der Waals surface area contributed by atoms with Gasteiger partial charge in [-0.3, -0.25) is 9.59 Å². The number of fused-ring (bicyclic) bond motifs is 1. The van der Waals surface area contributed by atoms with Gasteiger partial charge in [0, 0.05) is 29.9 Å². The van der Waals surface area contributed by atoms with E-state index in [-0.39, 0.29) is 30.4 Å². The lowest BCUT2D eigenvalue weighted by molar-refractivity contribution is -0.119. The number of hydrogen-bond acceptors (Lipinski definition) is 4. The molecule has 3 aromatic carbocycles. The van der Waals surface area contributed by atoms with Crippen LogP contribution in [0.15, 0.2) is 60.7 Å². The summed E-state index contributed by atoms with van der Waals surface area (Å²) < 4.78 is 11.9. The van der Waals surface area contributed by atoms with Gasteiger partial charge in [0.1, 0.15) is 0 Å². The monoisotopic (exact) mass is 574 g/mol. The van der Waals surface area contributed by atoms with Crippen molar-refractivity contribution in [1.29, 1.82) is 0 Å². The Balaban J connectivity index is 1.56. The number of benzene rings is 3. The molecule has 2 aliphatic rings. The Morgan fingerprint density at radius 1 is 1.05 bits per heavy atom. The number of nitrogens with zero attached hydrogens (tertiary/aromatic N) is 2. The molecule has 0 bridgehead atoms. The summed E-state index contributed by atoms with van der Waals surface area (Å²) in [6.07, 6.45) is 5.90. The van der Waals surface area contributed by atoms with Crippen LogP contribution in [-0.2, 0) is 16.0 Å². The number of hydrogen-bond donors (Lipinski definition) is 0. The third-order valence-electron chi connectivity index (χ3n) is 8.41. The molecule has 0 N–H and O–H groups in total. The molecule has 3 aromatic rings. The molecule has 5 rings (SSSR count). The minimum absolute atomic E-state index is 0.0123. The smallest absolute Gasteiger partial charge is 0.232 e. The molecule has 2 amide bonds. The first kappa shape index (κ1) is 29.0. The minimum atomic E-state index is -0.387. The first-order chi connectivity index (χ1) is 19.8. The summed E-state index contributed by atoms with van der Waals surface area (Å²) in [7, 11) is 1.62. The standard InChI is InChI=1S/C34H39ClN2O4/c1-5-22(2)41-32-20-30-26(18-31(32)40-4)19-33(39)37(34(30)25-10-12-27(35)13-11-25)29-16-14-28(15-17-29)36(23(3)38)21-24-8-6-7-9-24/h10-18,20,22,24,34H,5-9,19,21H2,1-4H3/t22-,34?/m1/s1. The van der Waals surface area contributed by atoms with Gasteiger partial charge >= 0.3 is 0 Å². The van der Waals surface area contributed by atoms with E-state index in [2.05, 4.69) is 6.92 Å². The largest absolute Gasteiger partial charge is 0.493 e. The summed E-state index contributed by atoms with van der Waals surface area (Å²) in [5, 5.41) is 0.633. The summed E-state index contributed by atoms with van der Waals surface area (Å²) in [6.45, 7) is 6.47. The molecule has 6 nitrogen and oxygen atoms in total. The van der Waals surface area contributed by atoms with Crippen molar-refractivity contribution in [3.05, 3.63) is 82.4 Å². The molecule has 1 aliphatic heterocycles. The summed E-state index contributed by atoms with van der Waals surface area (Å²) in [6, 6.07) is 19.0. The maximum atomic E-state index is 13.8. The lowest BCUT2D eigenvalue weighted by atomic mass is 9.86. The normalized spacial score (nSPS) is 17.7. The molecule has 0 aromatic heterocycles. The molecule has 1 aliphatic carbocycles. The molecule has 216 valence electrons. The van der Waals surface area contributed by atoms with E-state index in [0.29, 0.717) is 22.4 Å². The SMILES string of the molecule is CC[C@@H](C)Oc1cc2c(cc1OC)CC(=O)N(c1ccc(N(CC3CCCC3)C(C)=O)cc1)C2c1ccc(Cl)cc1. The highest BCUT2D eigenvalue weighted by Gasteiger charge is 2.36. The van der Waals surface area contributed by atoms with E-state index in [1.54, 1.807) is 14.0 Å². The van der Waals surface area contributed by atoms with Gasteiger partial charge in [0.05, 0.1) is 25.7 Å². The van der Waals surface area contributed by atoms with Crippen molar-refractivity contribution < 1.29 is 19.1 Å². The van der Waals surface area contributed by atoms with E-state index < -0.39 is 0 Å². The second-order valence-electron chi connectivity index (χ2n) is 11.2. The molecule has 0 saturated heterocycles. The molecule has 0 radical (unpaired) electrons. The first-order valence-electron chi connectivity index (χ1n) is 14.6. The number of halogens is 1. The predicted molar refractivity (Wildman–Crippen MR) is 164 cm³/mol. The van der Waals surface area contributed by atoms with E-state index in [4.69, 9.17) is 21.1 Å². The Labute approximate surface area is 248 Å². The lowest BCUT2D eigenvalue weighted by Gasteiger charge is -2.38. The predicted octanol–water partition coefficient (Wildman–Crippen LogP) is 7.75. The maximum absolute atomic E-state index is 13.8. The fourth-order valence-electron chi connectivity index (χ4n) is 6.04. The number of carbonyl (C=O) groups is 2. The highest BCUT2D eigenvalue weighted by molar-refractivity contribution is 6.30. The Morgan fingerprint density at radius 3 is 2.34 bits per heavy atom. The topological polar surface area (TPSA) is 59.1 Å². The van der Waals surface area contributed by atoms with Crippen molar-refractivity contribution in [2.45, 2.75) is 71.4 Å². The molecule has 41 heavy (non-hydrogen) atoms. The van der Waals surface area contributed by atoms with Gasteiger partial charge in [-0.1, -0.05) is 43.5 Å². The molecule has 1 fully saturated rings. The molecule has 1 unspecified atom stereocenters. The zero-order chi connectivity index (χ0) is 29.1. The van der Waals surface area contributed by atoms with Gasteiger partial charge in [-0.15, -0.1) is 0 Å². The van der Waals surface area contributed by atoms with E-state index >= 15 is 0 Å². The Morgan fingerprint density at radius 2 is 1.73 bits per heavy atom. The van der Waals surface area contributed by atoms with Crippen molar-refractivity contribution in [2.75, 3.05) is 23.5 Å². The summed E-state index contributed by atoms with van der Waals surface area (Å²) in [5.74, 6) is 1.84.